The Balaban J connectivity index is 2.29. The molecule has 0 saturated heterocycles. The van der Waals surface area contributed by atoms with E-state index >= 15 is 0 Å². The van der Waals surface area contributed by atoms with Crippen molar-refractivity contribution in [3.05, 3.63) is 66.7 Å². The first-order valence-electron chi connectivity index (χ1n) is 5.53. The van der Waals surface area contributed by atoms with Crippen LogP contribution in [0.4, 0.5) is 0 Å². The van der Waals surface area contributed by atoms with Gasteiger partial charge in [-0.2, -0.15) is 0 Å². The van der Waals surface area contributed by atoms with Gasteiger partial charge in [0.05, 0.1) is 0 Å². The summed E-state index contributed by atoms with van der Waals surface area (Å²) >= 11 is 0. The van der Waals surface area contributed by atoms with Gasteiger partial charge in [0.25, 0.3) is 0 Å². The van der Waals surface area contributed by atoms with Crippen LogP contribution in [0.25, 0.3) is 21.9 Å². The summed E-state index contributed by atoms with van der Waals surface area (Å²) in [6.45, 7) is 0. The summed E-state index contributed by atoms with van der Waals surface area (Å²) in [5.41, 5.74) is 1.87. The predicted molar refractivity (Wildman–Crippen MR) is 69.9 cm³/mol. The molecule has 3 aromatic rings. The fourth-order valence-corrected chi connectivity index (χ4v) is 2.05. The van der Waals surface area contributed by atoms with Gasteiger partial charge in [-0.05, 0) is 17.0 Å². The Kier molecular flexibility index (Phi) is 2.30. The van der Waals surface area contributed by atoms with Crippen LogP contribution >= 0.6 is 0 Å². The van der Waals surface area contributed by atoms with Crippen LogP contribution in [0.5, 0.6) is 5.75 Å². The van der Waals surface area contributed by atoms with E-state index in [1.807, 2.05) is 60.7 Å². The molecule has 0 aliphatic carbocycles. The summed E-state index contributed by atoms with van der Waals surface area (Å²) in [5.74, 6) is 0.342. The van der Waals surface area contributed by atoms with Crippen LogP contribution in [-0.2, 0) is 0 Å². The van der Waals surface area contributed by atoms with Crippen LogP contribution in [-0.4, -0.2) is 5.11 Å². The molecule has 3 rings (SSSR count). The van der Waals surface area contributed by atoms with Crippen LogP contribution in [0.15, 0.2) is 60.7 Å². The van der Waals surface area contributed by atoms with E-state index in [-0.39, 0.29) is 0 Å². The molecule has 0 aliphatic heterocycles. The topological polar surface area (TPSA) is 20.2 Å². The Labute approximate surface area is 100.0 Å². The first-order chi connectivity index (χ1) is 8.36. The average Bonchev–Trinajstić information content (AvgIpc) is 2.40. The molecule has 1 radical (unpaired) electrons. The third-order valence-electron chi connectivity index (χ3n) is 2.93. The molecular weight excluding hydrogens is 208 g/mol. The Morgan fingerprint density at radius 2 is 1.59 bits per heavy atom. The van der Waals surface area contributed by atoms with Crippen molar-refractivity contribution in [3.63, 3.8) is 0 Å². The molecule has 81 valence electrons. The molecular formula is C16H11O. The highest BCUT2D eigenvalue weighted by atomic mass is 16.3. The lowest BCUT2D eigenvalue weighted by Gasteiger charge is -2.07. The summed E-state index contributed by atoms with van der Waals surface area (Å²) in [7, 11) is 0. The smallest absolute Gasteiger partial charge is 0.131 e. The molecule has 0 atom stereocenters. The highest BCUT2D eigenvalue weighted by molar-refractivity contribution is 5.94. The zero-order chi connectivity index (χ0) is 11.7. The van der Waals surface area contributed by atoms with Crippen LogP contribution in [0.1, 0.15) is 0 Å². The van der Waals surface area contributed by atoms with E-state index in [2.05, 4.69) is 6.07 Å². The van der Waals surface area contributed by atoms with Gasteiger partial charge in [0, 0.05) is 10.9 Å². The van der Waals surface area contributed by atoms with Crippen molar-refractivity contribution < 1.29 is 5.11 Å². The standard InChI is InChI=1S/C16H11O/c17-16-14-9-5-4-8-13(14)10-11-15(16)12-6-2-1-3-7-12/h2-11,17H. The normalized spacial score (nSPS) is 10.6. The SMILES string of the molecule is Oc1c(-c2cc[c]cc2)ccc2ccccc12. The Hall–Kier alpha value is -2.28. The number of hydrogen-bond donors (Lipinski definition) is 1. The van der Waals surface area contributed by atoms with E-state index in [1.54, 1.807) is 0 Å². The number of phenols is 1. The first kappa shape index (κ1) is 9.91. The second kappa shape index (κ2) is 3.95. The molecule has 0 spiro atoms. The third-order valence-corrected chi connectivity index (χ3v) is 2.93. The highest BCUT2D eigenvalue weighted by Gasteiger charge is 2.07. The molecule has 0 aliphatic rings. The summed E-state index contributed by atoms with van der Waals surface area (Å²) in [4.78, 5) is 0. The minimum atomic E-state index is 0.342. The molecule has 0 aromatic heterocycles. The Morgan fingerprint density at radius 3 is 2.41 bits per heavy atom. The summed E-state index contributed by atoms with van der Waals surface area (Å²) < 4.78 is 0. The zero-order valence-corrected chi connectivity index (χ0v) is 9.22. The van der Waals surface area contributed by atoms with Crippen molar-refractivity contribution in [1.29, 1.82) is 0 Å². The molecule has 0 heterocycles. The van der Waals surface area contributed by atoms with E-state index in [0.29, 0.717) is 5.75 Å². The molecule has 1 heteroatoms. The van der Waals surface area contributed by atoms with Gasteiger partial charge in [-0.25, -0.2) is 0 Å². The maximum absolute atomic E-state index is 10.3. The number of phenolic OH excluding ortho intramolecular Hbond substituents is 1. The van der Waals surface area contributed by atoms with Gasteiger partial charge in [-0.1, -0.05) is 60.7 Å². The summed E-state index contributed by atoms with van der Waals surface area (Å²) in [6.07, 6.45) is 0. The Bertz CT molecular complexity index is 657. The second-order valence-corrected chi connectivity index (χ2v) is 3.97. The fourth-order valence-electron chi connectivity index (χ4n) is 2.05. The van der Waals surface area contributed by atoms with Gasteiger partial charge in [-0.3, -0.25) is 0 Å². The number of aromatic hydroxyl groups is 1. The average molecular weight is 219 g/mol. The van der Waals surface area contributed by atoms with Gasteiger partial charge in [0.15, 0.2) is 0 Å². The largest absolute Gasteiger partial charge is 0.507 e. The molecule has 1 nitrogen and oxygen atoms in total. The molecule has 0 fully saturated rings. The third kappa shape index (κ3) is 1.66. The van der Waals surface area contributed by atoms with Crippen LogP contribution < -0.4 is 0 Å². The summed E-state index contributed by atoms with van der Waals surface area (Å²) in [6, 6.07) is 22.4. The van der Waals surface area contributed by atoms with Crippen molar-refractivity contribution in [1.82, 2.24) is 0 Å². The van der Waals surface area contributed by atoms with Gasteiger partial charge in [0.2, 0.25) is 0 Å². The van der Waals surface area contributed by atoms with Crippen molar-refractivity contribution in [3.8, 4) is 16.9 Å². The maximum atomic E-state index is 10.3. The van der Waals surface area contributed by atoms with Crippen LogP contribution in [0.2, 0.25) is 0 Å². The molecule has 0 unspecified atom stereocenters. The maximum Gasteiger partial charge on any atom is 0.131 e. The minimum Gasteiger partial charge on any atom is -0.507 e. The van der Waals surface area contributed by atoms with E-state index < -0.39 is 0 Å². The lowest BCUT2D eigenvalue weighted by Crippen LogP contribution is -1.81. The predicted octanol–water partition coefficient (Wildman–Crippen LogP) is 4.01. The quantitative estimate of drug-likeness (QED) is 0.655. The lowest BCUT2D eigenvalue weighted by atomic mass is 10.00. The number of benzene rings is 3. The van der Waals surface area contributed by atoms with Crippen molar-refractivity contribution in [2.45, 2.75) is 0 Å². The van der Waals surface area contributed by atoms with Crippen molar-refractivity contribution >= 4 is 10.8 Å². The number of hydrogen-bond acceptors (Lipinski definition) is 1. The number of rotatable bonds is 1. The minimum absolute atomic E-state index is 0.342. The Morgan fingerprint density at radius 1 is 0.824 bits per heavy atom. The van der Waals surface area contributed by atoms with E-state index in [0.717, 1.165) is 21.9 Å². The van der Waals surface area contributed by atoms with E-state index in [9.17, 15) is 5.11 Å². The monoisotopic (exact) mass is 219 g/mol. The fraction of sp³-hybridized carbons (Fsp3) is 0. The van der Waals surface area contributed by atoms with Crippen molar-refractivity contribution in [2.75, 3.05) is 0 Å². The molecule has 0 bridgehead atoms. The van der Waals surface area contributed by atoms with Crippen LogP contribution in [0, 0.1) is 6.07 Å². The van der Waals surface area contributed by atoms with Gasteiger partial charge in [0.1, 0.15) is 5.75 Å². The lowest BCUT2D eigenvalue weighted by molar-refractivity contribution is 0.483. The molecule has 3 aromatic carbocycles. The molecule has 0 amide bonds. The highest BCUT2D eigenvalue weighted by Crippen LogP contribution is 2.35. The van der Waals surface area contributed by atoms with Gasteiger partial charge < -0.3 is 5.11 Å². The molecule has 0 saturated carbocycles. The van der Waals surface area contributed by atoms with E-state index in [4.69, 9.17) is 0 Å². The second-order valence-electron chi connectivity index (χ2n) is 3.97. The zero-order valence-electron chi connectivity index (χ0n) is 9.22. The first-order valence-corrected chi connectivity index (χ1v) is 5.53. The summed E-state index contributed by atoms with van der Waals surface area (Å²) in [5, 5.41) is 12.2. The van der Waals surface area contributed by atoms with E-state index in [1.165, 1.54) is 0 Å². The number of fused-ring (bicyclic) bond motifs is 1. The molecule has 1 N–H and O–H groups in total. The molecule has 17 heavy (non-hydrogen) atoms. The van der Waals surface area contributed by atoms with Crippen molar-refractivity contribution in [2.24, 2.45) is 0 Å². The van der Waals surface area contributed by atoms with Crippen LogP contribution in [0.3, 0.4) is 0 Å². The van der Waals surface area contributed by atoms with Gasteiger partial charge in [-0.15, -0.1) is 0 Å². The van der Waals surface area contributed by atoms with Gasteiger partial charge >= 0.3 is 0 Å².